The Kier molecular flexibility index (Phi) is 8.39. The molecule has 196 valence electrons. The molecule has 0 aromatic carbocycles. The zero-order chi connectivity index (χ0) is 24.5. The summed E-state index contributed by atoms with van der Waals surface area (Å²) in [5.74, 6) is 5.14. The van der Waals surface area contributed by atoms with Gasteiger partial charge in [0.15, 0.2) is 0 Å². The lowest BCUT2D eigenvalue weighted by molar-refractivity contribution is -0.143. The molecule has 4 fully saturated rings. The fourth-order valence-electron chi connectivity index (χ4n) is 9.69. The molecule has 0 aromatic rings. The summed E-state index contributed by atoms with van der Waals surface area (Å²) in [5.41, 5.74) is 1.06. The number of rotatable bonds is 9. The number of hydrogen-bond donors (Lipinski definition) is 1. The standard InChI is InChI=1S/C30H54N2O2/c1-7-34-28(33)13-8-21(2)25-11-12-26-24-10-9-22-20-23(31-18-19-32(5)6)14-16-29(22,3)27(24)15-17-30(25,26)4/h21-27,31H,7-20H2,1-6H3/t21-,22?,23-,24?,25-,26?,27?,29+,30-/m1/s1. The maximum absolute atomic E-state index is 12.0. The van der Waals surface area contributed by atoms with Crippen molar-refractivity contribution in [1.29, 1.82) is 0 Å². The summed E-state index contributed by atoms with van der Waals surface area (Å²) in [4.78, 5) is 14.3. The lowest BCUT2D eigenvalue weighted by Crippen LogP contribution is -2.55. The minimum absolute atomic E-state index is 0.00388. The summed E-state index contributed by atoms with van der Waals surface area (Å²) in [6.07, 6.45) is 14.4. The van der Waals surface area contributed by atoms with E-state index < -0.39 is 0 Å². The van der Waals surface area contributed by atoms with Gasteiger partial charge in [0.2, 0.25) is 0 Å². The highest BCUT2D eigenvalue weighted by Gasteiger charge is 2.60. The average molecular weight is 475 g/mol. The highest BCUT2D eigenvalue weighted by Crippen LogP contribution is 2.68. The highest BCUT2D eigenvalue weighted by molar-refractivity contribution is 5.69. The van der Waals surface area contributed by atoms with Crippen molar-refractivity contribution >= 4 is 5.97 Å². The summed E-state index contributed by atoms with van der Waals surface area (Å²) in [7, 11) is 4.35. The van der Waals surface area contributed by atoms with Crippen molar-refractivity contribution in [2.75, 3.05) is 33.8 Å². The second-order valence-electron chi connectivity index (χ2n) is 13.4. The Balaban J connectivity index is 1.37. The number of nitrogens with zero attached hydrogens (tertiary/aromatic N) is 1. The molecule has 4 heteroatoms. The molecule has 0 amide bonds. The minimum atomic E-state index is -0.00388. The van der Waals surface area contributed by atoms with Gasteiger partial charge in [0, 0.05) is 25.6 Å². The van der Waals surface area contributed by atoms with Crippen molar-refractivity contribution in [1.82, 2.24) is 10.2 Å². The van der Waals surface area contributed by atoms with Crippen molar-refractivity contribution in [2.24, 2.45) is 46.3 Å². The van der Waals surface area contributed by atoms with Gasteiger partial charge in [0.1, 0.15) is 0 Å². The first-order valence-corrected chi connectivity index (χ1v) is 14.7. The fourth-order valence-corrected chi connectivity index (χ4v) is 9.69. The molecule has 0 spiro atoms. The van der Waals surface area contributed by atoms with Crippen molar-refractivity contribution in [3.8, 4) is 0 Å². The molecule has 0 bridgehead atoms. The van der Waals surface area contributed by atoms with Crippen LogP contribution in [0.25, 0.3) is 0 Å². The number of carbonyl (C=O) groups excluding carboxylic acids is 1. The van der Waals surface area contributed by atoms with E-state index in [1.807, 2.05) is 6.92 Å². The van der Waals surface area contributed by atoms with Gasteiger partial charge in [-0.2, -0.15) is 0 Å². The molecule has 0 aromatic heterocycles. The lowest BCUT2D eigenvalue weighted by Gasteiger charge is -2.61. The molecule has 0 saturated heterocycles. The van der Waals surface area contributed by atoms with Gasteiger partial charge in [-0.1, -0.05) is 20.8 Å². The average Bonchev–Trinajstić information content (AvgIpc) is 3.15. The summed E-state index contributed by atoms with van der Waals surface area (Å²) in [6, 6.07) is 0.736. The lowest BCUT2D eigenvalue weighted by atomic mass is 9.44. The van der Waals surface area contributed by atoms with Crippen LogP contribution in [0.2, 0.25) is 0 Å². The SMILES string of the molecule is CCOC(=O)CC[C@@H](C)[C@H]1CCC2C3CCC4C[C@H](NCCN(C)C)CC[C@]4(C)C3CC[C@@]21C. The van der Waals surface area contributed by atoms with E-state index in [0.29, 0.717) is 29.8 Å². The number of nitrogens with one attached hydrogen (secondary N) is 1. The van der Waals surface area contributed by atoms with Gasteiger partial charge in [0.05, 0.1) is 6.61 Å². The van der Waals surface area contributed by atoms with Gasteiger partial charge in [-0.15, -0.1) is 0 Å². The Morgan fingerprint density at radius 2 is 1.76 bits per heavy atom. The Morgan fingerprint density at radius 1 is 1.03 bits per heavy atom. The smallest absolute Gasteiger partial charge is 0.305 e. The Bertz CT molecular complexity index is 695. The van der Waals surface area contributed by atoms with Gasteiger partial charge in [-0.25, -0.2) is 0 Å². The number of carbonyl (C=O) groups is 1. The van der Waals surface area contributed by atoms with Crippen molar-refractivity contribution < 1.29 is 9.53 Å². The van der Waals surface area contributed by atoms with E-state index in [4.69, 9.17) is 4.74 Å². The van der Waals surface area contributed by atoms with Crippen LogP contribution in [-0.2, 0) is 9.53 Å². The normalized spacial score (nSPS) is 42.6. The van der Waals surface area contributed by atoms with Crippen LogP contribution in [0.4, 0.5) is 0 Å². The molecule has 4 rings (SSSR count). The molecule has 4 aliphatic rings. The predicted octanol–water partition coefficient (Wildman–Crippen LogP) is 6.14. The maximum Gasteiger partial charge on any atom is 0.305 e. The summed E-state index contributed by atoms with van der Waals surface area (Å²) in [5, 5.41) is 3.89. The third kappa shape index (κ3) is 5.10. The first-order valence-electron chi connectivity index (χ1n) is 14.7. The molecule has 0 aliphatic heterocycles. The molecule has 4 saturated carbocycles. The first kappa shape index (κ1) is 26.5. The monoisotopic (exact) mass is 474 g/mol. The third-order valence-electron chi connectivity index (χ3n) is 11.5. The molecule has 1 N–H and O–H groups in total. The van der Waals surface area contributed by atoms with Crippen LogP contribution in [0.1, 0.15) is 98.3 Å². The second-order valence-corrected chi connectivity index (χ2v) is 13.4. The van der Waals surface area contributed by atoms with Crippen LogP contribution in [-0.4, -0.2) is 50.7 Å². The van der Waals surface area contributed by atoms with Gasteiger partial charge >= 0.3 is 5.97 Å². The molecule has 4 nitrogen and oxygen atoms in total. The van der Waals surface area contributed by atoms with E-state index in [1.165, 1.54) is 57.8 Å². The van der Waals surface area contributed by atoms with Crippen LogP contribution in [0, 0.1) is 46.3 Å². The van der Waals surface area contributed by atoms with Crippen LogP contribution in [0.3, 0.4) is 0 Å². The number of ether oxygens (including phenoxy) is 1. The van der Waals surface area contributed by atoms with Gasteiger partial charge < -0.3 is 15.0 Å². The zero-order valence-corrected chi connectivity index (χ0v) is 23.2. The summed E-state index contributed by atoms with van der Waals surface area (Å²) in [6.45, 7) is 12.4. The van der Waals surface area contributed by atoms with Crippen LogP contribution in [0.15, 0.2) is 0 Å². The fraction of sp³-hybridized carbons (Fsp3) is 0.967. The van der Waals surface area contributed by atoms with Crippen molar-refractivity contribution in [3.63, 3.8) is 0 Å². The molecule has 0 radical (unpaired) electrons. The Morgan fingerprint density at radius 3 is 2.50 bits per heavy atom. The van der Waals surface area contributed by atoms with Gasteiger partial charge in [0.25, 0.3) is 0 Å². The Hall–Kier alpha value is -0.610. The topological polar surface area (TPSA) is 41.6 Å². The van der Waals surface area contributed by atoms with Crippen molar-refractivity contribution in [2.45, 2.75) is 104 Å². The molecule has 4 aliphatic carbocycles. The van der Waals surface area contributed by atoms with Crippen LogP contribution >= 0.6 is 0 Å². The van der Waals surface area contributed by atoms with E-state index in [1.54, 1.807) is 0 Å². The minimum Gasteiger partial charge on any atom is -0.466 e. The first-order chi connectivity index (χ1) is 16.2. The Labute approximate surface area is 210 Å². The number of esters is 1. The molecule has 4 unspecified atom stereocenters. The van der Waals surface area contributed by atoms with E-state index >= 15 is 0 Å². The highest BCUT2D eigenvalue weighted by atomic mass is 16.5. The van der Waals surface area contributed by atoms with E-state index in [0.717, 1.165) is 55.1 Å². The van der Waals surface area contributed by atoms with E-state index in [-0.39, 0.29) is 5.97 Å². The largest absolute Gasteiger partial charge is 0.466 e. The number of likely N-dealkylation sites (N-methyl/N-ethyl adjacent to an activating group) is 1. The summed E-state index contributed by atoms with van der Waals surface area (Å²) < 4.78 is 5.21. The molecule has 0 heterocycles. The van der Waals surface area contributed by atoms with Gasteiger partial charge in [-0.3, -0.25) is 4.79 Å². The molecular weight excluding hydrogens is 420 g/mol. The summed E-state index contributed by atoms with van der Waals surface area (Å²) >= 11 is 0. The van der Waals surface area contributed by atoms with Crippen LogP contribution in [0.5, 0.6) is 0 Å². The predicted molar refractivity (Wildman–Crippen MR) is 141 cm³/mol. The van der Waals surface area contributed by atoms with E-state index in [9.17, 15) is 4.79 Å². The van der Waals surface area contributed by atoms with Gasteiger partial charge in [-0.05, 0) is 132 Å². The maximum atomic E-state index is 12.0. The molecule has 34 heavy (non-hydrogen) atoms. The molecule has 9 atom stereocenters. The zero-order valence-electron chi connectivity index (χ0n) is 23.2. The quantitative estimate of drug-likeness (QED) is 0.407. The van der Waals surface area contributed by atoms with Crippen LogP contribution < -0.4 is 5.32 Å². The number of fused-ring (bicyclic) bond motifs is 5. The molecular formula is C30H54N2O2. The van der Waals surface area contributed by atoms with E-state index in [2.05, 4.69) is 45.1 Å². The second kappa shape index (κ2) is 10.8. The van der Waals surface area contributed by atoms with Crippen molar-refractivity contribution in [3.05, 3.63) is 0 Å². The third-order valence-corrected chi connectivity index (χ3v) is 11.5. The number of hydrogen-bond acceptors (Lipinski definition) is 4.